The zero-order valence-electron chi connectivity index (χ0n) is 20.2. The topological polar surface area (TPSA) is 88.2 Å². The standard InChI is InChI=1S/C24H29ClF2N4O4S.ClH/c1-35-24(32)17-2-3-18(22(27)11-17)14-31(36(33)34)15-23(16-4-5-21(26)20(25)10-16)30-8-6-29(7-9-30)19-12-28-13-19;/h2-5,10-11,19,23,28H,6-9,12-15H2,1H3,(H,33,34);1H/p-1. The summed E-state index contributed by atoms with van der Waals surface area (Å²) < 4.78 is 58.8. The van der Waals surface area contributed by atoms with Crippen LogP contribution in [0.3, 0.4) is 0 Å². The van der Waals surface area contributed by atoms with Gasteiger partial charge in [-0.1, -0.05) is 23.7 Å². The molecule has 8 nitrogen and oxygen atoms in total. The third-order valence-corrected chi connectivity index (χ3v) is 7.79. The Labute approximate surface area is 228 Å². The van der Waals surface area contributed by atoms with Crippen LogP contribution >= 0.6 is 24.0 Å². The fraction of sp³-hybridized carbons (Fsp3) is 0.458. The van der Waals surface area contributed by atoms with Crippen molar-refractivity contribution < 1.29 is 27.1 Å². The summed E-state index contributed by atoms with van der Waals surface area (Å²) in [6.45, 7) is 4.73. The number of nitrogens with one attached hydrogen (secondary N) is 1. The lowest BCUT2D eigenvalue weighted by atomic mass is 10.0. The van der Waals surface area contributed by atoms with E-state index in [-0.39, 0.29) is 41.6 Å². The first kappa shape index (κ1) is 29.9. The molecule has 0 aromatic heterocycles. The number of methoxy groups -OCH3 is 1. The number of hydrogen-bond acceptors (Lipinski definition) is 7. The average Bonchev–Trinajstić information content (AvgIpc) is 2.83. The van der Waals surface area contributed by atoms with Crippen molar-refractivity contribution in [3.05, 3.63) is 69.7 Å². The van der Waals surface area contributed by atoms with E-state index >= 15 is 0 Å². The van der Waals surface area contributed by atoms with Gasteiger partial charge in [-0.2, -0.15) is 0 Å². The summed E-state index contributed by atoms with van der Waals surface area (Å²) in [7, 11) is 1.20. The van der Waals surface area contributed by atoms with Gasteiger partial charge in [0.25, 0.3) is 0 Å². The van der Waals surface area contributed by atoms with Gasteiger partial charge in [-0.15, -0.1) is 12.4 Å². The fourth-order valence-electron chi connectivity index (χ4n) is 4.58. The Kier molecular flexibility index (Phi) is 10.8. The molecule has 2 saturated heterocycles. The van der Waals surface area contributed by atoms with Crippen LogP contribution < -0.4 is 5.32 Å². The van der Waals surface area contributed by atoms with Crippen molar-refractivity contribution in [1.29, 1.82) is 0 Å². The van der Waals surface area contributed by atoms with Crippen LogP contribution in [0.5, 0.6) is 0 Å². The van der Waals surface area contributed by atoms with Crippen molar-refractivity contribution in [2.45, 2.75) is 18.6 Å². The summed E-state index contributed by atoms with van der Waals surface area (Å²) in [5.74, 6) is -1.95. The third kappa shape index (κ3) is 7.24. The number of benzene rings is 2. The Bertz CT molecular complexity index is 1120. The molecular formula is C24H29Cl2F2N4O4S-. The largest absolute Gasteiger partial charge is 0.760 e. The van der Waals surface area contributed by atoms with E-state index in [1.54, 1.807) is 6.07 Å². The first-order valence-corrected chi connectivity index (χ1v) is 13.0. The molecule has 0 radical (unpaired) electrons. The number of nitrogens with zero attached hydrogens (tertiary/aromatic N) is 3. The highest BCUT2D eigenvalue weighted by atomic mass is 35.5. The van der Waals surface area contributed by atoms with E-state index in [9.17, 15) is 22.3 Å². The van der Waals surface area contributed by atoms with E-state index < -0.39 is 34.9 Å². The number of rotatable bonds is 9. The summed E-state index contributed by atoms with van der Waals surface area (Å²) in [6.07, 6.45) is 0. The first-order chi connectivity index (χ1) is 17.3. The Morgan fingerprint density at radius 1 is 1.19 bits per heavy atom. The SMILES string of the molecule is COC(=O)c1ccc(CN(CC(c2ccc(F)c(Cl)c2)N2CCN(C3CNC3)CC2)S(=O)[O-])c(F)c1.Cl. The molecule has 37 heavy (non-hydrogen) atoms. The Morgan fingerprint density at radius 2 is 1.89 bits per heavy atom. The molecule has 0 amide bonds. The molecule has 2 fully saturated rings. The molecule has 2 aromatic rings. The summed E-state index contributed by atoms with van der Waals surface area (Å²) in [4.78, 5) is 16.2. The van der Waals surface area contributed by atoms with Crippen LogP contribution in [0.25, 0.3) is 0 Å². The minimum Gasteiger partial charge on any atom is -0.760 e. The summed E-state index contributed by atoms with van der Waals surface area (Å²) >= 11 is 3.39. The minimum atomic E-state index is -2.67. The molecule has 1 N–H and O–H groups in total. The smallest absolute Gasteiger partial charge is 0.337 e. The predicted octanol–water partition coefficient (Wildman–Crippen LogP) is 2.75. The van der Waals surface area contributed by atoms with Crippen LogP contribution in [-0.4, -0.2) is 87.8 Å². The normalized spacial score (nSPS) is 18.6. The Morgan fingerprint density at radius 3 is 2.43 bits per heavy atom. The van der Waals surface area contributed by atoms with Crippen molar-refractivity contribution >= 4 is 41.2 Å². The van der Waals surface area contributed by atoms with Crippen LogP contribution in [0.4, 0.5) is 8.78 Å². The number of carbonyl (C=O) groups is 1. The number of hydrogen-bond donors (Lipinski definition) is 1. The summed E-state index contributed by atoms with van der Waals surface area (Å²) in [5.41, 5.74) is 0.828. The van der Waals surface area contributed by atoms with Crippen molar-refractivity contribution in [1.82, 2.24) is 19.4 Å². The first-order valence-electron chi connectivity index (χ1n) is 11.6. The fourth-order valence-corrected chi connectivity index (χ4v) is 5.27. The van der Waals surface area contributed by atoms with Crippen molar-refractivity contribution in [3.8, 4) is 0 Å². The summed E-state index contributed by atoms with van der Waals surface area (Å²) in [5, 5.41) is 3.23. The number of piperazine rings is 1. The van der Waals surface area contributed by atoms with Gasteiger partial charge in [-0.3, -0.25) is 14.0 Å². The molecule has 13 heteroatoms. The van der Waals surface area contributed by atoms with Gasteiger partial charge in [-0.05, 0) is 29.8 Å². The van der Waals surface area contributed by atoms with E-state index in [2.05, 4.69) is 19.9 Å². The van der Waals surface area contributed by atoms with Gasteiger partial charge >= 0.3 is 5.97 Å². The maximum atomic E-state index is 14.7. The van der Waals surface area contributed by atoms with Gasteiger partial charge < -0.3 is 14.6 Å². The molecule has 0 saturated carbocycles. The predicted molar refractivity (Wildman–Crippen MR) is 138 cm³/mol. The monoisotopic (exact) mass is 577 g/mol. The van der Waals surface area contributed by atoms with Gasteiger partial charge in [-0.25, -0.2) is 17.9 Å². The average molecular weight is 578 g/mol. The van der Waals surface area contributed by atoms with E-state index in [0.29, 0.717) is 24.7 Å². The molecule has 2 unspecified atom stereocenters. The molecule has 0 aliphatic carbocycles. The number of esters is 1. The van der Waals surface area contributed by atoms with Gasteiger partial charge in [0, 0.05) is 81.3 Å². The molecule has 4 rings (SSSR count). The van der Waals surface area contributed by atoms with Crippen LogP contribution in [0, 0.1) is 11.6 Å². The third-order valence-electron chi connectivity index (χ3n) is 6.80. The lowest BCUT2D eigenvalue weighted by Crippen LogP contribution is -2.62. The lowest BCUT2D eigenvalue weighted by Gasteiger charge is -2.46. The summed E-state index contributed by atoms with van der Waals surface area (Å²) in [6, 6.07) is 8.27. The molecule has 204 valence electrons. The molecule has 2 aromatic carbocycles. The Hall–Kier alpha value is -1.70. The van der Waals surface area contributed by atoms with Gasteiger partial charge in [0.15, 0.2) is 0 Å². The van der Waals surface area contributed by atoms with Crippen LogP contribution in [0.1, 0.15) is 27.5 Å². The molecule has 2 aliphatic heterocycles. The van der Waals surface area contributed by atoms with Gasteiger partial charge in [0.2, 0.25) is 0 Å². The number of ether oxygens (including phenoxy) is 1. The highest BCUT2D eigenvalue weighted by Crippen LogP contribution is 2.29. The lowest BCUT2D eigenvalue weighted by molar-refractivity contribution is 0.0460. The zero-order chi connectivity index (χ0) is 25.8. The van der Waals surface area contributed by atoms with Gasteiger partial charge in [0.05, 0.1) is 17.7 Å². The molecule has 0 spiro atoms. The maximum absolute atomic E-state index is 14.7. The highest BCUT2D eigenvalue weighted by Gasteiger charge is 2.32. The molecule has 2 aliphatic rings. The zero-order valence-corrected chi connectivity index (χ0v) is 22.6. The number of carbonyl (C=O) groups excluding carboxylic acids is 1. The highest BCUT2D eigenvalue weighted by molar-refractivity contribution is 7.76. The molecule has 2 heterocycles. The van der Waals surface area contributed by atoms with Gasteiger partial charge in [0.1, 0.15) is 11.6 Å². The van der Waals surface area contributed by atoms with Crippen molar-refractivity contribution in [3.63, 3.8) is 0 Å². The van der Waals surface area contributed by atoms with Crippen molar-refractivity contribution in [2.75, 3.05) is 52.9 Å². The maximum Gasteiger partial charge on any atom is 0.337 e. The molecular weight excluding hydrogens is 549 g/mol. The second kappa shape index (κ2) is 13.4. The Balaban J connectivity index is 0.00000380. The second-order valence-electron chi connectivity index (χ2n) is 8.91. The molecule has 2 atom stereocenters. The van der Waals surface area contributed by atoms with Crippen LogP contribution in [-0.2, 0) is 22.5 Å². The van der Waals surface area contributed by atoms with E-state index in [1.807, 2.05) is 0 Å². The quantitative estimate of drug-likeness (QED) is 0.362. The van der Waals surface area contributed by atoms with E-state index in [4.69, 9.17) is 11.6 Å². The minimum absolute atomic E-state index is 0. The van der Waals surface area contributed by atoms with Crippen molar-refractivity contribution in [2.24, 2.45) is 0 Å². The molecule has 0 bridgehead atoms. The van der Waals surface area contributed by atoms with E-state index in [0.717, 1.165) is 36.6 Å². The van der Waals surface area contributed by atoms with Crippen LogP contribution in [0.15, 0.2) is 36.4 Å². The number of halogens is 4. The van der Waals surface area contributed by atoms with E-state index in [1.165, 1.54) is 31.4 Å². The van der Waals surface area contributed by atoms with Crippen LogP contribution in [0.2, 0.25) is 5.02 Å². The second-order valence-corrected chi connectivity index (χ2v) is 10.3.